The van der Waals surface area contributed by atoms with E-state index in [1.165, 1.54) is 5.56 Å². The fourth-order valence-electron chi connectivity index (χ4n) is 3.77. The summed E-state index contributed by atoms with van der Waals surface area (Å²) in [5.74, 6) is 1.61. The summed E-state index contributed by atoms with van der Waals surface area (Å²) in [6.45, 7) is 3.29. The van der Waals surface area contributed by atoms with Gasteiger partial charge in [-0.25, -0.2) is 0 Å². The first-order valence-electron chi connectivity index (χ1n) is 10.0. The number of nitrogens with one attached hydrogen (secondary N) is 1. The molecule has 29 heavy (non-hydrogen) atoms. The number of amides is 1. The molecule has 3 rings (SSSR count). The number of nitrogens with zero attached hydrogens (tertiary/aromatic N) is 1. The highest BCUT2D eigenvalue weighted by atomic mass is 35.5. The molecule has 0 unspecified atom stereocenters. The Bertz CT molecular complexity index is 810. The number of hydrogen-bond acceptors (Lipinski definition) is 4. The minimum atomic E-state index is 0.0430. The number of carbonyl (C=O) groups excluding carboxylic acids is 1. The molecule has 0 bridgehead atoms. The molecule has 1 amide bonds. The van der Waals surface area contributed by atoms with Crippen LogP contribution in [0.3, 0.4) is 0 Å². The maximum atomic E-state index is 12.7. The maximum absolute atomic E-state index is 12.7. The summed E-state index contributed by atoms with van der Waals surface area (Å²) in [5.41, 5.74) is 2.33. The van der Waals surface area contributed by atoms with Crippen LogP contribution in [0.1, 0.15) is 24.0 Å². The van der Waals surface area contributed by atoms with E-state index in [2.05, 4.69) is 22.3 Å². The zero-order valence-corrected chi connectivity index (χ0v) is 17.9. The molecule has 0 aliphatic carbocycles. The lowest BCUT2D eigenvalue weighted by Gasteiger charge is -2.32. The van der Waals surface area contributed by atoms with Gasteiger partial charge in [0.05, 0.1) is 20.1 Å². The van der Waals surface area contributed by atoms with Crippen molar-refractivity contribution in [3.05, 3.63) is 58.6 Å². The summed E-state index contributed by atoms with van der Waals surface area (Å²) in [6.07, 6.45) is 2.74. The molecule has 1 aliphatic heterocycles. The number of likely N-dealkylation sites (tertiary alicyclic amines) is 1. The van der Waals surface area contributed by atoms with E-state index in [0.29, 0.717) is 18.0 Å². The molecule has 0 saturated carbocycles. The topological polar surface area (TPSA) is 50.8 Å². The van der Waals surface area contributed by atoms with Crippen molar-refractivity contribution in [3.8, 4) is 11.5 Å². The first-order valence-corrected chi connectivity index (χ1v) is 10.4. The molecule has 2 aromatic carbocycles. The SMILES string of the molecule is COc1ccc(CCNC(=O)[C@H]2CCCN(Cc3ccc(Cl)cc3)C2)cc1OC. The predicted molar refractivity (Wildman–Crippen MR) is 116 cm³/mol. The number of halogens is 1. The van der Waals surface area contributed by atoms with E-state index in [1.54, 1.807) is 14.2 Å². The number of methoxy groups -OCH3 is 2. The van der Waals surface area contributed by atoms with Crippen molar-refractivity contribution >= 4 is 17.5 Å². The Kier molecular flexibility index (Phi) is 7.78. The van der Waals surface area contributed by atoms with Crippen LogP contribution in [0.15, 0.2) is 42.5 Å². The van der Waals surface area contributed by atoms with Crippen molar-refractivity contribution in [2.45, 2.75) is 25.8 Å². The van der Waals surface area contributed by atoms with Gasteiger partial charge in [0.2, 0.25) is 5.91 Å². The van der Waals surface area contributed by atoms with E-state index in [4.69, 9.17) is 21.1 Å². The van der Waals surface area contributed by atoms with Crippen LogP contribution in [0, 0.1) is 5.92 Å². The maximum Gasteiger partial charge on any atom is 0.224 e. The Morgan fingerprint density at radius 3 is 2.55 bits per heavy atom. The minimum absolute atomic E-state index is 0.0430. The Morgan fingerprint density at radius 1 is 1.10 bits per heavy atom. The summed E-state index contributed by atoms with van der Waals surface area (Å²) in [5, 5.41) is 3.85. The average Bonchev–Trinajstić information content (AvgIpc) is 2.75. The molecule has 156 valence electrons. The third-order valence-corrected chi connectivity index (χ3v) is 5.61. The van der Waals surface area contributed by atoms with Gasteiger partial charge in [0.25, 0.3) is 0 Å². The van der Waals surface area contributed by atoms with Gasteiger partial charge in [-0.2, -0.15) is 0 Å². The van der Waals surface area contributed by atoms with Crippen molar-refractivity contribution < 1.29 is 14.3 Å². The molecule has 1 aliphatic rings. The molecule has 1 saturated heterocycles. The fraction of sp³-hybridized carbons (Fsp3) is 0.435. The average molecular weight is 417 g/mol. The van der Waals surface area contributed by atoms with Crippen LogP contribution in [0.5, 0.6) is 11.5 Å². The first-order chi connectivity index (χ1) is 14.1. The number of benzene rings is 2. The van der Waals surface area contributed by atoms with E-state index < -0.39 is 0 Å². The van der Waals surface area contributed by atoms with Gasteiger partial charge in [-0.3, -0.25) is 9.69 Å². The quantitative estimate of drug-likeness (QED) is 0.708. The van der Waals surface area contributed by atoms with E-state index >= 15 is 0 Å². The second kappa shape index (κ2) is 10.5. The number of rotatable bonds is 8. The second-order valence-corrected chi connectivity index (χ2v) is 7.87. The van der Waals surface area contributed by atoms with Crippen LogP contribution in [-0.2, 0) is 17.8 Å². The van der Waals surface area contributed by atoms with Crippen molar-refractivity contribution in [2.24, 2.45) is 5.92 Å². The summed E-state index contributed by atoms with van der Waals surface area (Å²) in [6, 6.07) is 13.8. The van der Waals surface area contributed by atoms with Crippen LogP contribution in [0.4, 0.5) is 0 Å². The number of ether oxygens (including phenoxy) is 2. The highest BCUT2D eigenvalue weighted by molar-refractivity contribution is 6.30. The van der Waals surface area contributed by atoms with Gasteiger partial charge in [-0.15, -0.1) is 0 Å². The van der Waals surface area contributed by atoms with Gasteiger partial charge < -0.3 is 14.8 Å². The lowest BCUT2D eigenvalue weighted by atomic mass is 9.96. The largest absolute Gasteiger partial charge is 0.493 e. The zero-order chi connectivity index (χ0) is 20.6. The van der Waals surface area contributed by atoms with Gasteiger partial charge in [-0.05, 0) is 61.2 Å². The van der Waals surface area contributed by atoms with Gasteiger partial charge in [0.1, 0.15) is 0 Å². The molecule has 0 aromatic heterocycles. The van der Waals surface area contributed by atoms with Crippen LogP contribution < -0.4 is 14.8 Å². The van der Waals surface area contributed by atoms with Crippen LogP contribution >= 0.6 is 11.6 Å². The molecule has 1 atom stereocenters. The van der Waals surface area contributed by atoms with Gasteiger partial charge >= 0.3 is 0 Å². The highest BCUT2D eigenvalue weighted by Crippen LogP contribution is 2.27. The number of hydrogen-bond donors (Lipinski definition) is 1. The molecule has 6 heteroatoms. The second-order valence-electron chi connectivity index (χ2n) is 7.43. The molecule has 0 spiro atoms. The van der Waals surface area contributed by atoms with Crippen molar-refractivity contribution in [2.75, 3.05) is 33.9 Å². The normalized spacial score (nSPS) is 17.0. The number of carbonyl (C=O) groups is 1. The summed E-state index contributed by atoms with van der Waals surface area (Å²) in [4.78, 5) is 15.0. The zero-order valence-electron chi connectivity index (χ0n) is 17.1. The van der Waals surface area contributed by atoms with E-state index in [0.717, 1.165) is 49.5 Å². The minimum Gasteiger partial charge on any atom is -0.493 e. The molecule has 1 N–H and O–H groups in total. The lowest BCUT2D eigenvalue weighted by Crippen LogP contribution is -2.43. The molecule has 0 radical (unpaired) electrons. The van der Waals surface area contributed by atoms with Crippen molar-refractivity contribution in [1.82, 2.24) is 10.2 Å². The Labute approximate surface area is 177 Å². The van der Waals surface area contributed by atoms with Crippen LogP contribution in [0.2, 0.25) is 5.02 Å². The molecular formula is C23H29ClN2O3. The standard InChI is InChI=1S/C23H29ClN2O3/c1-28-21-10-7-17(14-22(21)29-2)11-12-25-23(27)19-4-3-13-26(16-19)15-18-5-8-20(24)9-6-18/h5-10,14,19H,3-4,11-13,15-16H2,1-2H3,(H,25,27)/t19-/m0/s1. The molecule has 1 heterocycles. The summed E-state index contributed by atoms with van der Waals surface area (Å²) < 4.78 is 10.6. The van der Waals surface area contributed by atoms with Crippen molar-refractivity contribution in [3.63, 3.8) is 0 Å². The molecular weight excluding hydrogens is 388 g/mol. The lowest BCUT2D eigenvalue weighted by molar-refractivity contribution is -0.126. The third kappa shape index (κ3) is 6.12. The Hall–Kier alpha value is -2.24. The van der Waals surface area contributed by atoms with E-state index in [-0.39, 0.29) is 11.8 Å². The monoisotopic (exact) mass is 416 g/mol. The third-order valence-electron chi connectivity index (χ3n) is 5.36. The summed E-state index contributed by atoms with van der Waals surface area (Å²) in [7, 11) is 3.25. The smallest absolute Gasteiger partial charge is 0.224 e. The number of piperidine rings is 1. The highest BCUT2D eigenvalue weighted by Gasteiger charge is 2.25. The van der Waals surface area contributed by atoms with Gasteiger partial charge in [-0.1, -0.05) is 29.8 Å². The van der Waals surface area contributed by atoms with E-state index in [9.17, 15) is 4.79 Å². The summed E-state index contributed by atoms with van der Waals surface area (Å²) >= 11 is 5.96. The van der Waals surface area contributed by atoms with Gasteiger partial charge in [0.15, 0.2) is 11.5 Å². The molecule has 2 aromatic rings. The predicted octanol–water partition coefficient (Wildman–Crippen LogP) is 3.93. The van der Waals surface area contributed by atoms with Crippen LogP contribution in [0.25, 0.3) is 0 Å². The van der Waals surface area contributed by atoms with E-state index in [1.807, 2.05) is 30.3 Å². The van der Waals surface area contributed by atoms with Crippen molar-refractivity contribution in [1.29, 1.82) is 0 Å². The first kappa shape index (κ1) is 21.5. The fourth-order valence-corrected chi connectivity index (χ4v) is 3.90. The van der Waals surface area contributed by atoms with Crippen LogP contribution in [-0.4, -0.2) is 44.7 Å². The molecule has 1 fully saturated rings. The van der Waals surface area contributed by atoms with Gasteiger partial charge in [0, 0.05) is 24.7 Å². The molecule has 5 nitrogen and oxygen atoms in total. The Balaban J connectivity index is 1.47. The Morgan fingerprint density at radius 2 is 1.83 bits per heavy atom.